The Balaban J connectivity index is 1.06. The number of likely N-dealkylation sites (N-methyl/N-ethyl adjacent to an activating group) is 1. The fraction of sp³-hybridized carbons (Fsp3) is 0.436. The van der Waals surface area contributed by atoms with Gasteiger partial charge in [0.05, 0.1) is 45.2 Å². The van der Waals surface area contributed by atoms with Gasteiger partial charge in [0.1, 0.15) is 5.75 Å². The minimum absolute atomic E-state index is 0.0117. The van der Waals surface area contributed by atoms with Crippen LogP contribution in [0.15, 0.2) is 97.1 Å². The van der Waals surface area contributed by atoms with Crippen LogP contribution < -0.4 is 10.1 Å². The number of nitrogens with zero attached hydrogens (tertiary/aromatic N) is 2. The zero-order valence-electron chi connectivity index (χ0n) is 27.2. The van der Waals surface area contributed by atoms with Crippen LogP contribution in [-0.4, -0.2) is 94.7 Å². The van der Waals surface area contributed by atoms with E-state index in [1.807, 2.05) is 18.2 Å². The third-order valence-corrected chi connectivity index (χ3v) is 9.18. The summed E-state index contributed by atoms with van der Waals surface area (Å²) in [6, 6.07) is 33.9. The SMILES string of the molecule is CN1CCN(CCO[C@@H]2CNC[C@H](OCc3ccc4ccccc4c3)[C@@H]2c2ccc(OCCCOCc3ccccc3)cc2)CC1. The Morgan fingerprint density at radius 3 is 2.22 bits per heavy atom. The van der Waals surface area contributed by atoms with Crippen molar-refractivity contribution in [2.24, 2.45) is 0 Å². The van der Waals surface area contributed by atoms with Gasteiger partial charge in [-0.3, -0.25) is 4.90 Å². The number of rotatable bonds is 15. The molecule has 0 aromatic heterocycles. The highest BCUT2D eigenvalue weighted by atomic mass is 16.5. The molecule has 7 nitrogen and oxygen atoms in total. The quantitative estimate of drug-likeness (QED) is 0.170. The van der Waals surface area contributed by atoms with Crippen LogP contribution in [0.1, 0.15) is 29.0 Å². The smallest absolute Gasteiger partial charge is 0.119 e. The van der Waals surface area contributed by atoms with Gasteiger partial charge in [0.25, 0.3) is 0 Å². The first-order valence-electron chi connectivity index (χ1n) is 16.9. The summed E-state index contributed by atoms with van der Waals surface area (Å²) in [5, 5.41) is 6.09. The molecule has 7 heteroatoms. The summed E-state index contributed by atoms with van der Waals surface area (Å²) in [6.07, 6.45) is 0.857. The van der Waals surface area contributed by atoms with Crippen molar-refractivity contribution < 1.29 is 18.9 Å². The van der Waals surface area contributed by atoms with Crippen LogP contribution in [0.3, 0.4) is 0 Å². The summed E-state index contributed by atoms with van der Waals surface area (Å²) in [7, 11) is 2.20. The first kappa shape index (κ1) is 32.6. The highest BCUT2D eigenvalue weighted by Crippen LogP contribution is 2.32. The highest BCUT2D eigenvalue weighted by Gasteiger charge is 2.36. The van der Waals surface area contributed by atoms with E-state index in [0.29, 0.717) is 26.4 Å². The summed E-state index contributed by atoms with van der Waals surface area (Å²) in [5.41, 5.74) is 3.61. The van der Waals surface area contributed by atoms with Gasteiger partial charge >= 0.3 is 0 Å². The minimum Gasteiger partial charge on any atom is -0.494 e. The topological polar surface area (TPSA) is 55.4 Å². The van der Waals surface area contributed by atoms with Gasteiger partial charge in [-0.1, -0.05) is 78.9 Å². The average Bonchev–Trinajstić information content (AvgIpc) is 3.10. The molecule has 0 radical (unpaired) electrons. The summed E-state index contributed by atoms with van der Waals surface area (Å²) < 4.78 is 25.2. The van der Waals surface area contributed by atoms with Crippen LogP contribution in [0.2, 0.25) is 0 Å². The van der Waals surface area contributed by atoms with Crippen LogP contribution in [0.25, 0.3) is 10.8 Å². The average molecular weight is 624 g/mol. The Bertz CT molecular complexity index is 1460. The third kappa shape index (κ3) is 9.38. The van der Waals surface area contributed by atoms with Crippen molar-refractivity contribution in [3.63, 3.8) is 0 Å². The molecule has 46 heavy (non-hydrogen) atoms. The first-order valence-corrected chi connectivity index (χ1v) is 16.9. The number of piperidine rings is 1. The fourth-order valence-electron chi connectivity index (χ4n) is 6.45. The lowest BCUT2D eigenvalue weighted by atomic mass is 9.85. The van der Waals surface area contributed by atoms with Gasteiger partial charge in [0.15, 0.2) is 0 Å². The molecule has 244 valence electrons. The predicted octanol–water partition coefficient (Wildman–Crippen LogP) is 5.73. The number of piperazine rings is 1. The lowest BCUT2D eigenvalue weighted by molar-refractivity contribution is -0.0638. The Morgan fingerprint density at radius 2 is 1.41 bits per heavy atom. The Labute approximate surface area is 274 Å². The first-order chi connectivity index (χ1) is 22.7. The van der Waals surface area contributed by atoms with E-state index in [9.17, 15) is 0 Å². The number of fused-ring (bicyclic) bond motifs is 1. The van der Waals surface area contributed by atoms with Gasteiger partial charge < -0.3 is 29.2 Å². The lowest BCUT2D eigenvalue weighted by Gasteiger charge is -2.39. The largest absolute Gasteiger partial charge is 0.494 e. The van der Waals surface area contributed by atoms with Gasteiger partial charge in [-0.15, -0.1) is 0 Å². The molecule has 0 unspecified atom stereocenters. The molecule has 2 aliphatic rings. The molecule has 0 bridgehead atoms. The zero-order valence-corrected chi connectivity index (χ0v) is 27.2. The number of benzene rings is 4. The third-order valence-electron chi connectivity index (χ3n) is 9.18. The summed E-state index contributed by atoms with van der Waals surface area (Å²) >= 11 is 0. The van der Waals surface area contributed by atoms with Gasteiger partial charge in [-0.05, 0) is 52.7 Å². The Morgan fingerprint density at radius 1 is 0.674 bits per heavy atom. The maximum absolute atomic E-state index is 6.68. The van der Waals surface area contributed by atoms with Crippen molar-refractivity contribution in [1.82, 2.24) is 15.1 Å². The fourth-order valence-corrected chi connectivity index (χ4v) is 6.45. The van der Waals surface area contributed by atoms with E-state index in [1.54, 1.807) is 0 Å². The van der Waals surface area contributed by atoms with Crippen molar-refractivity contribution in [2.75, 3.05) is 72.7 Å². The van der Waals surface area contributed by atoms with Crippen LogP contribution in [-0.2, 0) is 27.4 Å². The van der Waals surface area contributed by atoms with Crippen molar-refractivity contribution in [3.05, 3.63) is 114 Å². The Hall–Kier alpha value is -3.30. The van der Waals surface area contributed by atoms with Crippen molar-refractivity contribution in [2.45, 2.75) is 37.8 Å². The van der Waals surface area contributed by atoms with E-state index in [0.717, 1.165) is 64.6 Å². The van der Waals surface area contributed by atoms with Crippen molar-refractivity contribution >= 4 is 10.8 Å². The van der Waals surface area contributed by atoms with Gasteiger partial charge in [0, 0.05) is 58.2 Å². The molecule has 4 aromatic rings. The van der Waals surface area contributed by atoms with E-state index in [4.69, 9.17) is 18.9 Å². The highest BCUT2D eigenvalue weighted by molar-refractivity contribution is 5.82. The minimum atomic E-state index is -0.0117. The molecular weight excluding hydrogens is 574 g/mol. The monoisotopic (exact) mass is 623 g/mol. The number of hydrogen-bond acceptors (Lipinski definition) is 7. The van der Waals surface area contributed by atoms with Crippen LogP contribution in [0.4, 0.5) is 0 Å². The molecule has 0 amide bonds. The molecule has 0 aliphatic carbocycles. The van der Waals surface area contributed by atoms with Crippen molar-refractivity contribution in [1.29, 1.82) is 0 Å². The van der Waals surface area contributed by atoms with Crippen LogP contribution in [0, 0.1) is 0 Å². The van der Waals surface area contributed by atoms with E-state index >= 15 is 0 Å². The summed E-state index contributed by atoms with van der Waals surface area (Å²) in [5.74, 6) is 0.997. The van der Waals surface area contributed by atoms with E-state index in [1.165, 1.54) is 27.5 Å². The molecule has 3 atom stereocenters. The normalized spacial score (nSPS) is 21.0. The second-order valence-corrected chi connectivity index (χ2v) is 12.6. The predicted molar refractivity (Wildman–Crippen MR) is 184 cm³/mol. The molecule has 1 N–H and O–H groups in total. The van der Waals surface area contributed by atoms with Gasteiger partial charge in [-0.2, -0.15) is 0 Å². The second-order valence-electron chi connectivity index (χ2n) is 12.6. The summed E-state index contributed by atoms with van der Waals surface area (Å²) in [6.45, 7) is 10.2. The van der Waals surface area contributed by atoms with E-state index in [-0.39, 0.29) is 18.1 Å². The molecule has 4 aromatic carbocycles. The molecule has 2 fully saturated rings. The molecule has 2 aliphatic heterocycles. The summed E-state index contributed by atoms with van der Waals surface area (Å²) in [4.78, 5) is 4.90. The van der Waals surface area contributed by atoms with Crippen molar-refractivity contribution in [3.8, 4) is 5.75 Å². The molecule has 2 heterocycles. The van der Waals surface area contributed by atoms with Crippen LogP contribution in [0.5, 0.6) is 5.75 Å². The molecule has 0 saturated carbocycles. The molecule has 0 spiro atoms. The maximum Gasteiger partial charge on any atom is 0.119 e. The molecular formula is C39H49N3O4. The Kier molecular flexibility index (Phi) is 12.1. The second kappa shape index (κ2) is 17.0. The van der Waals surface area contributed by atoms with E-state index in [2.05, 4.69) is 101 Å². The zero-order chi connectivity index (χ0) is 31.4. The number of ether oxygens (including phenoxy) is 4. The number of hydrogen-bond donors (Lipinski definition) is 1. The van der Waals surface area contributed by atoms with Crippen LogP contribution >= 0.6 is 0 Å². The van der Waals surface area contributed by atoms with Gasteiger partial charge in [0.2, 0.25) is 0 Å². The maximum atomic E-state index is 6.68. The van der Waals surface area contributed by atoms with E-state index < -0.39 is 0 Å². The number of nitrogens with one attached hydrogen (secondary N) is 1. The molecule has 2 saturated heterocycles. The standard InChI is InChI=1S/C39H49N3O4/c1-41-18-20-42(21-19-41)22-25-45-37-27-40-28-38(46-30-32-12-13-33-10-5-6-11-35(33)26-32)39(37)34-14-16-36(17-15-34)44-24-7-23-43-29-31-8-3-2-4-9-31/h2-6,8-17,26,37-40H,7,18-25,27-30H2,1H3/t37-,38+,39-/m1/s1. The van der Waals surface area contributed by atoms with Gasteiger partial charge in [-0.25, -0.2) is 0 Å². The molecule has 6 rings (SSSR count). The lowest BCUT2D eigenvalue weighted by Crippen LogP contribution is -2.51.